The number of hydrogen-bond donors (Lipinski definition) is 2. The second-order valence-electron chi connectivity index (χ2n) is 5.57. The summed E-state index contributed by atoms with van der Waals surface area (Å²) in [7, 11) is 4.82. The van der Waals surface area contributed by atoms with Gasteiger partial charge in [-0.3, -0.25) is 0 Å². The largest absolute Gasteiger partial charge is 0.496 e. The monoisotopic (exact) mass is 360 g/mol. The molecule has 0 aliphatic carbocycles. The SMILES string of the molecule is COc1cc(OC)c(OC)cc1CNC(=S)Nc1cccc(C)c1C. The molecular formula is C19H24N2O3S. The van der Waals surface area contributed by atoms with Gasteiger partial charge in [-0.05, 0) is 49.3 Å². The lowest BCUT2D eigenvalue weighted by Crippen LogP contribution is -2.28. The predicted octanol–water partition coefficient (Wildman–Crippen LogP) is 3.82. The molecule has 0 atom stereocenters. The Morgan fingerprint density at radius 2 is 1.60 bits per heavy atom. The van der Waals surface area contributed by atoms with E-state index in [1.54, 1.807) is 27.4 Å². The molecule has 25 heavy (non-hydrogen) atoms. The summed E-state index contributed by atoms with van der Waals surface area (Å²) < 4.78 is 16.1. The second kappa shape index (κ2) is 8.58. The minimum absolute atomic E-state index is 0.500. The first-order chi connectivity index (χ1) is 12.0. The highest BCUT2D eigenvalue weighted by atomic mass is 32.1. The van der Waals surface area contributed by atoms with Gasteiger partial charge < -0.3 is 24.8 Å². The van der Waals surface area contributed by atoms with Crippen LogP contribution in [0.25, 0.3) is 0 Å². The summed E-state index contributed by atoms with van der Waals surface area (Å²) in [6, 6.07) is 9.77. The summed E-state index contributed by atoms with van der Waals surface area (Å²) in [6.45, 7) is 4.64. The van der Waals surface area contributed by atoms with Gasteiger partial charge in [-0.1, -0.05) is 12.1 Å². The first-order valence-corrected chi connectivity index (χ1v) is 8.31. The van der Waals surface area contributed by atoms with E-state index in [1.807, 2.05) is 18.2 Å². The molecule has 0 aliphatic rings. The maximum atomic E-state index is 5.43. The van der Waals surface area contributed by atoms with Crippen molar-refractivity contribution in [2.75, 3.05) is 26.6 Å². The molecule has 0 aliphatic heterocycles. The van der Waals surface area contributed by atoms with Crippen molar-refractivity contribution in [3.05, 3.63) is 47.0 Å². The fraction of sp³-hybridized carbons (Fsp3) is 0.316. The zero-order valence-electron chi connectivity index (χ0n) is 15.2. The van der Waals surface area contributed by atoms with Crippen molar-refractivity contribution in [3.63, 3.8) is 0 Å². The van der Waals surface area contributed by atoms with E-state index in [2.05, 4.69) is 30.5 Å². The normalized spacial score (nSPS) is 10.1. The quantitative estimate of drug-likeness (QED) is 0.764. The zero-order valence-corrected chi connectivity index (χ0v) is 16.0. The number of nitrogens with one attached hydrogen (secondary N) is 2. The molecule has 0 heterocycles. The third-order valence-electron chi connectivity index (χ3n) is 4.08. The number of methoxy groups -OCH3 is 3. The molecule has 5 nitrogen and oxygen atoms in total. The third kappa shape index (κ3) is 4.54. The first-order valence-electron chi connectivity index (χ1n) is 7.90. The first kappa shape index (κ1) is 18.9. The van der Waals surface area contributed by atoms with Crippen LogP contribution in [0.2, 0.25) is 0 Å². The summed E-state index contributed by atoms with van der Waals surface area (Å²) in [5.41, 5.74) is 4.31. The number of benzene rings is 2. The van der Waals surface area contributed by atoms with Gasteiger partial charge in [-0.15, -0.1) is 0 Å². The number of rotatable bonds is 6. The molecule has 0 aromatic heterocycles. The molecule has 0 fully saturated rings. The Morgan fingerprint density at radius 3 is 2.24 bits per heavy atom. The molecule has 0 radical (unpaired) electrons. The van der Waals surface area contributed by atoms with Crippen LogP contribution in [0, 0.1) is 13.8 Å². The zero-order chi connectivity index (χ0) is 18.4. The van der Waals surface area contributed by atoms with Gasteiger partial charge in [-0.2, -0.15) is 0 Å². The lowest BCUT2D eigenvalue weighted by molar-refractivity contribution is 0.347. The lowest BCUT2D eigenvalue weighted by Gasteiger charge is -2.16. The third-order valence-corrected chi connectivity index (χ3v) is 4.33. The van der Waals surface area contributed by atoms with E-state index in [-0.39, 0.29) is 0 Å². The summed E-state index contributed by atoms with van der Waals surface area (Å²) >= 11 is 5.41. The molecule has 134 valence electrons. The lowest BCUT2D eigenvalue weighted by atomic mass is 10.1. The van der Waals surface area contributed by atoms with E-state index in [1.165, 1.54) is 11.1 Å². The maximum absolute atomic E-state index is 5.43. The molecule has 0 spiro atoms. The standard InChI is InChI=1S/C19H24N2O3S/c1-12-7-6-8-15(13(12)2)21-19(25)20-11-14-9-17(23-4)18(24-5)10-16(14)22-3/h6-10H,11H2,1-5H3,(H2,20,21,25). The molecule has 0 saturated heterocycles. The van der Waals surface area contributed by atoms with E-state index < -0.39 is 0 Å². The van der Waals surface area contributed by atoms with Crippen LogP contribution in [0.3, 0.4) is 0 Å². The van der Waals surface area contributed by atoms with Gasteiger partial charge in [0, 0.05) is 23.9 Å². The van der Waals surface area contributed by atoms with Gasteiger partial charge >= 0.3 is 0 Å². The summed E-state index contributed by atoms with van der Waals surface area (Å²) in [5.74, 6) is 1.98. The van der Waals surface area contributed by atoms with E-state index in [9.17, 15) is 0 Å². The van der Waals surface area contributed by atoms with Gasteiger partial charge in [0.05, 0.1) is 21.3 Å². The van der Waals surface area contributed by atoms with Crippen LogP contribution in [-0.2, 0) is 6.54 Å². The molecular weight excluding hydrogens is 336 g/mol. The highest BCUT2D eigenvalue weighted by Crippen LogP contribution is 2.34. The molecule has 0 unspecified atom stereocenters. The Labute approximate surface area is 154 Å². The number of ether oxygens (including phenoxy) is 3. The van der Waals surface area contributed by atoms with Crippen LogP contribution >= 0.6 is 12.2 Å². The van der Waals surface area contributed by atoms with Crippen molar-refractivity contribution < 1.29 is 14.2 Å². The Balaban J connectivity index is 2.10. The topological polar surface area (TPSA) is 51.8 Å². The van der Waals surface area contributed by atoms with E-state index in [0.29, 0.717) is 28.9 Å². The van der Waals surface area contributed by atoms with Gasteiger partial charge in [-0.25, -0.2) is 0 Å². The smallest absolute Gasteiger partial charge is 0.171 e. The van der Waals surface area contributed by atoms with E-state index in [4.69, 9.17) is 26.4 Å². The average molecular weight is 360 g/mol. The van der Waals surface area contributed by atoms with Crippen LogP contribution in [0.15, 0.2) is 30.3 Å². The van der Waals surface area contributed by atoms with Crippen LogP contribution in [0.5, 0.6) is 17.2 Å². The van der Waals surface area contributed by atoms with Gasteiger partial charge in [0.1, 0.15) is 5.75 Å². The molecule has 2 N–H and O–H groups in total. The summed E-state index contributed by atoms with van der Waals surface area (Å²) in [4.78, 5) is 0. The molecule has 0 bridgehead atoms. The van der Waals surface area contributed by atoms with Crippen LogP contribution < -0.4 is 24.8 Å². The predicted molar refractivity (Wildman–Crippen MR) is 105 cm³/mol. The Bertz CT molecular complexity index is 763. The van der Waals surface area contributed by atoms with Crippen LogP contribution in [0.4, 0.5) is 5.69 Å². The summed E-state index contributed by atoms with van der Waals surface area (Å²) in [5, 5.41) is 6.98. The second-order valence-corrected chi connectivity index (χ2v) is 5.98. The highest BCUT2D eigenvalue weighted by molar-refractivity contribution is 7.80. The van der Waals surface area contributed by atoms with Crippen molar-refractivity contribution in [3.8, 4) is 17.2 Å². The molecule has 2 rings (SSSR count). The number of hydrogen-bond acceptors (Lipinski definition) is 4. The van der Waals surface area contributed by atoms with Crippen LogP contribution in [0.1, 0.15) is 16.7 Å². The van der Waals surface area contributed by atoms with Crippen molar-refractivity contribution in [1.82, 2.24) is 5.32 Å². The van der Waals surface area contributed by atoms with E-state index in [0.717, 1.165) is 11.3 Å². The maximum Gasteiger partial charge on any atom is 0.171 e. The molecule has 0 saturated carbocycles. The summed E-state index contributed by atoms with van der Waals surface area (Å²) in [6.07, 6.45) is 0. The number of aryl methyl sites for hydroxylation is 1. The van der Waals surface area contributed by atoms with Crippen LogP contribution in [-0.4, -0.2) is 26.4 Å². The number of thiocarbonyl (C=S) groups is 1. The van der Waals surface area contributed by atoms with Gasteiger partial charge in [0.25, 0.3) is 0 Å². The minimum atomic E-state index is 0.500. The molecule has 2 aromatic rings. The van der Waals surface area contributed by atoms with Crippen molar-refractivity contribution in [2.45, 2.75) is 20.4 Å². The molecule has 0 amide bonds. The fourth-order valence-corrected chi connectivity index (χ4v) is 2.64. The number of anilines is 1. The van der Waals surface area contributed by atoms with Gasteiger partial charge in [0.15, 0.2) is 16.6 Å². The Kier molecular flexibility index (Phi) is 6.47. The molecule has 6 heteroatoms. The van der Waals surface area contributed by atoms with Crippen molar-refractivity contribution >= 4 is 23.0 Å². The van der Waals surface area contributed by atoms with Crippen molar-refractivity contribution in [2.24, 2.45) is 0 Å². The van der Waals surface area contributed by atoms with Gasteiger partial charge in [0.2, 0.25) is 0 Å². The Morgan fingerprint density at radius 1 is 0.960 bits per heavy atom. The van der Waals surface area contributed by atoms with E-state index >= 15 is 0 Å². The Hall–Kier alpha value is -2.47. The highest BCUT2D eigenvalue weighted by Gasteiger charge is 2.12. The molecule has 2 aromatic carbocycles. The van der Waals surface area contributed by atoms with Crippen molar-refractivity contribution in [1.29, 1.82) is 0 Å². The minimum Gasteiger partial charge on any atom is -0.496 e. The average Bonchev–Trinajstić information content (AvgIpc) is 2.62. The fourth-order valence-electron chi connectivity index (χ4n) is 2.46.